The van der Waals surface area contributed by atoms with E-state index in [9.17, 15) is 9.90 Å². The van der Waals surface area contributed by atoms with Gasteiger partial charge in [-0.25, -0.2) is 0 Å². The highest BCUT2D eigenvalue weighted by Gasteiger charge is 2.29. The van der Waals surface area contributed by atoms with Crippen molar-refractivity contribution in [2.24, 2.45) is 0 Å². The van der Waals surface area contributed by atoms with Crippen LogP contribution in [0.1, 0.15) is 0 Å². The third kappa shape index (κ3) is 1.41. The summed E-state index contributed by atoms with van der Waals surface area (Å²) in [6.07, 6.45) is -0.894. The third-order valence-corrected chi connectivity index (χ3v) is 1.98. The number of para-hydroxylation sites is 1. The lowest BCUT2D eigenvalue weighted by Gasteiger charge is -2.19. The van der Waals surface area contributed by atoms with Crippen LogP contribution in [0.15, 0.2) is 30.3 Å². The Morgan fingerprint density at radius 3 is 2.62 bits per heavy atom. The van der Waals surface area contributed by atoms with Gasteiger partial charge in [-0.3, -0.25) is 15.0 Å². The fraction of sp³-hybridized carbons (Fsp3) is 0.222. The largest absolute Gasteiger partial charge is 0.360 e. The molecule has 1 atom stereocenters. The van der Waals surface area contributed by atoms with E-state index >= 15 is 0 Å². The van der Waals surface area contributed by atoms with Gasteiger partial charge in [-0.1, -0.05) is 18.2 Å². The lowest BCUT2D eigenvalue weighted by atomic mass is 10.3. The first kappa shape index (κ1) is 8.22. The standard InChI is InChI=1S/C9H10N2O2/c12-8-6-10-9(13)11(8)7-4-2-1-3-5-7/h1-5,9-10,13H,6H2. The van der Waals surface area contributed by atoms with Gasteiger partial charge in [0.05, 0.1) is 6.54 Å². The Labute approximate surface area is 75.8 Å². The highest BCUT2D eigenvalue weighted by atomic mass is 16.3. The second kappa shape index (κ2) is 3.16. The molecular formula is C9H10N2O2. The van der Waals surface area contributed by atoms with Gasteiger partial charge in [0.25, 0.3) is 0 Å². The average Bonchev–Trinajstić information content (AvgIpc) is 2.48. The Morgan fingerprint density at radius 2 is 2.08 bits per heavy atom. The van der Waals surface area contributed by atoms with Crippen molar-refractivity contribution in [2.75, 3.05) is 11.4 Å². The van der Waals surface area contributed by atoms with Crippen molar-refractivity contribution in [3.63, 3.8) is 0 Å². The topological polar surface area (TPSA) is 52.6 Å². The van der Waals surface area contributed by atoms with Gasteiger partial charge in [0.15, 0.2) is 6.35 Å². The summed E-state index contributed by atoms with van der Waals surface area (Å²) >= 11 is 0. The Balaban J connectivity index is 2.30. The maximum atomic E-state index is 11.3. The van der Waals surface area contributed by atoms with E-state index in [1.165, 1.54) is 4.90 Å². The predicted molar refractivity (Wildman–Crippen MR) is 47.9 cm³/mol. The molecule has 1 fully saturated rings. The Morgan fingerprint density at radius 1 is 1.38 bits per heavy atom. The number of aliphatic hydroxyl groups excluding tert-OH is 1. The molecule has 1 aromatic rings. The van der Waals surface area contributed by atoms with E-state index in [0.29, 0.717) is 5.69 Å². The van der Waals surface area contributed by atoms with Crippen molar-refractivity contribution in [3.05, 3.63) is 30.3 Å². The molecule has 0 aromatic heterocycles. The van der Waals surface area contributed by atoms with Crippen LogP contribution in [-0.2, 0) is 4.79 Å². The monoisotopic (exact) mass is 178 g/mol. The Bertz CT molecular complexity index is 313. The lowest BCUT2D eigenvalue weighted by molar-refractivity contribution is -0.116. The molecule has 1 aliphatic heterocycles. The number of carbonyl (C=O) groups excluding carboxylic acids is 1. The third-order valence-electron chi connectivity index (χ3n) is 1.98. The lowest BCUT2D eigenvalue weighted by Crippen LogP contribution is -2.36. The van der Waals surface area contributed by atoms with E-state index in [4.69, 9.17) is 0 Å². The molecule has 1 aromatic carbocycles. The fourth-order valence-corrected chi connectivity index (χ4v) is 1.37. The second-order valence-corrected chi connectivity index (χ2v) is 2.85. The predicted octanol–water partition coefficient (Wildman–Crippen LogP) is -0.101. The fourth-order valence-electron chi connectivity index (χ4n) is 1.37. The van der Waals surface area contributed by atoms with Crippen molar-refractivity contribution < 1.29 is 9.90 Å². The van der Waals surface area contributed by atoms with Crippen LogP contribution >= 0.6 is 0 Å². The van der Waals surface area contributed by atoms with E-state index in [2.05, 4.69) is 5.32 Å². The summed E-state index contributed by atoms with van der Waals surface area (Å²) in [5.74, 6) is -0.112. The number of rotatable bonds is 1. The number of hydrogen-bond acceptors (Lipinski definition) is 3. The molecule has 0 spiro atoms. The van der Waals surface area contributed by atoms with Crippen LogP contribution in [0.4, 0.5) is 5.69 Å². The summed E-state index contributed by atoms with van der Waals surface area (Å²) in [4.78, 5) is 12.6. The van der Waals surface area contributed by atoms with E-state index < -0.39 is 6.35 Å². The van der Waals surface area contributed by atoms with E-state index in [1.807, 2.05) is 18.2 Å². The van der Waals surface area contributed by atoms with Crippen LogP contribution < -0.4 is 10.2 Å². The molecule has 0 radical (unpaired) electrons. The zero-order valence-electron chi connectivity index (χ0n) is 6.97. The van der Waals surface area contributed by atoms with Gasteiger partial charge in [-0.2, -0.15) is 0 Å². The minimum atomic E-state index is -0.894. The molecule has 1 saturated heterocycles. The van der Waals surface area contributed by atoms with Crippen molar-refractivity contribution in [3.8, 4) is 0 Å². The molecule has 68 valence electrons. The molecule has 13 heavy (non-hydrogen) atoms. The van der Waals surface area contributed by atoms with Gasteiger partial charge < -0.3 is 5.11 Å². The maximum Gasteiger partial charge on any atom is 0.244 e. The summed E-state index contributed by atoms with van der Waals surface area (Å²) < 4.78 is 0. The number of carbonyl (C=O) groups is 1. The summed E-state index contributed by atoms with van der Waals surface area (Å²) in [5.41, 5.74) is 0.713. The van der Waals surface area contributed by atoms with Crippen LogP contribution in [0.2, 0.25) is 0 Å². The number of aliphatic hydroxyl groups is 1. The highest BCUT2D eigenvalue weighted by Crippen LogP contribution is 2.17. The summed E-state index contributed by atoms with van der Waals surface area (Å²) in [6, 6.07) is 9.09. The van der Waals surface area contributed by atoms with Crippen LogP contribution in [0.5, 0.6) is 0 Å². The molecule has 4 heteroatoms. The zero-order chi connectivity index (χ0) is 9.26. The first-order valence-corrected chi connectivity index (χ1v) is 4.07. The van der Waals surface area contributed by atoms with Gasteiger partial charge in [0.1, 0.15) is 0 Å². The van der Waals surface area contributed by atoms with Gasteiger partial charge >= 0.3 is 0 Å². The SMILES string of the molecule is O=C1CNC(O)N1c1ccccc1. The van der Waals surface area contributed by atoms with Crippen LogP contribution in [0.25, 0.3) is 0 Å². The van der Waals surface area contributed by atoms with Gasteiger partial charge in [0, 0.05) is 5.69 Å². The molecule has 0 aliphatic carbocycles. The van der Waals surface area contributed by atoms with E-state index in [-0.39, 0.29) is 12.5 Å². The highest BCUT2D eigenvalue weighted by molar-refractivity contribution is 5.97. The number of benzene rings is 1. The number of hydrogen-bond donors (Lipinski definition) is 2. The first-order chi connectivity index (χ1) is 6.29. The van der Waals surface area contributed by atoms with Gasteiger partial charge in [-0.15, -0.1) is 0 Å². The van der Waals surface area contributed by atoms with Crippen LogP contribution in [-0.4, -0.2) is 23.9 Å². The number of amides is 1. The molecule has 4 nitrogen and oxygen atoms in total. The second-order valence-electron chi connectivity index (χ2n) is 2.85. The molecule has 0 bridgehead atoms. The smallest absolute Gasteiger partial charge is 0.244 e. The van der Waals surface area contributed by atoms with Crippen molar-refractivity contribution in [2.45, 2.75) is 6.35 Å². The molecule has 1 aliphatic rings. The van der Waals surface area contributed by atoms with Crippen molar-refractivity contribution in [1.29, 1.82) is 0 Å². The first-order valence-electron chi connectivity index (χ1n) is 4.07. The summed E-state index contributed by atoms with van der Waals surface area (Å²) in [6.45, 7) is 0.191. The molecule has 1 amide bonds. The van der Waals surface area contributed by atoms with Crippen molar-refractivity contribution >= 4 is 11.6 Å². The minimum absolute atomic E-state index is 0.112. The van der Waals surface area contributed by atoms with Crippen LogP contribution in [0, 0.1) is 0 Å². The molecule has 2 rings (SSSR count). The van der Waals surface area contributed by atoms with Crippen LogP contribution in [0.3, 0.4) is 0 Å². The molecule has 1 heterocycles. The zero-order valence-corrected chi connectivity index (χ0v) is 6.97. The summed E-state index contributed by atoms with van der Waals surface area (Å²) in [5, 5.41) is 12.1. The maximum absolute atomic E-state index is 11.3. The Kier molecular flexibility index (Phi) is 2.00. The average molecular weight is 178 g/mol. The minimum Gasteiger partial charge on any atom is -0.360 e. The van der Waals surface area contributed by atoms with E-state index in [1.54, 1.807) is 12.1 Å². The van der Waals surface area contributed by atoms with Crippen molar-refractivity contribution in [1.82, 2.24) is 5.32 Å². The number of nitrogens with zero attached hydrogens (tertiary/aromatic N) is 1. The molecular weight excluding hydrogens is 168 g/mol. The number of anilines is 1. The number of nitrogens with one attached hydrogen (secondary N) is 1. The normalized spacial score (nSPS) is 22.4. The van der Waals surface area contributed by atoms with Gasteiger partial charge in [0.2, 0.25) is 5.91 Å². The molecule has 0 saturated carbocycles. The van der Waals surface area contributed by atoms with Gasteiger partial charge in [-0.05, 0) is 12.1 Å². The Hall–Kier alpha value is -1.39. The quantitative estimate of drug-likeness (QED) is 0.631. The summed E-state index contributed by atoms with van der Waals surface area (Å²) in [7, 11) is 0. The molecule has 1 unspecified atom stereocenters. The molecule has 2 N–H and O–H groups in total. The van der Waals surface area contributed by atoms with E-state index in [0.717, 1.165) is 0 Å².